The van der Waals surface area contributed by atoms with Gasteiger partial charge in [-0.25, -0.2) is 4.79 Å². The van der Waals surface area contributed by atoms with Gasteiger partial charge in [-0.15, -0.1) is 0 Å². The second-order valence-corrected chi connectivity index (χ2v) is 7.67. The van der Waals surface area contributed by atoms with Crippen molar-refractivity contribution in [3.05, 3.63) is 48.0 Å². The van der Waals surface area contributed by atoms with Gasteiger partial charge in [0.05, 0.1) is 6.61 Å². The Hall–Kier alpha value is -2.40. The van der Waals surface area contributed by atoms with Crippen LogP contribution in [-0.2, 0) is 14.3 Å². The fourth-order valence-corrected chi connectivity index (χ4v) is 4.84. The summed E-state index contributed by atoms with van der Waals surface area (Å²) >= 11 is 0. The molecule has 0 aromatic heterocycles. The highest BCUT2D eigenvalue weighted by molar-refractivity contribution is 6.09. The van der Waals surface area contributed by atoms with E-state index in [-0.39, 0.29) is 24.6 Å². The van der Waals surface area contributed by atoms with Crippen LogP contribution >= 0.6 is 0 Å². The third kappa shape index (κ3) is 2.72. The number of fused-ring (bicyclic) bond motifs is 2. The zero-order chi connectivity index (χ0) is 19.7. The average Bonchev–Trinajstić information content (AvgIpc) is 3.24. The second kappa shape index (κ2) is 7.55. The number of esters is 1. The van der Waals surface area contributed by atoms with E-state index in [1.807, 2.05) is 23.1 Å². The van der Waals surface area contributed by atoms with Crippen molar-refractivity contribution < 1.29 is 14.3 Å². The Morgan fingerprint density at radius 2 is 1.96 bits per heavy atom. The Morgan fingerprint density at radius 3 is 2.75 bits per heavy atom. The lowest BCUT2D eigenvalue weighted by molar-refractivity contribution is -0.159. The summed E-state index contributed by atoms with van der Waals surface area (Å²) in [5, 5.41) is 2.28. The Morgan fingerprint density at radius 1 is 1.18 bits per heavy atom. The molecule has 0 saturated carbocycles. The first-order valence-corrected chi connectivity index (χ1v) is 10.4. The minimum Gasteiger partial charge on any atom is -0.464 e. The number of rotatable bonds is 6. The third-order valence-electron chi connectivity index (χ3n) is 6.10. The van der Waals surface area contributed by atoms with Crippen LogP contribution in [0.2, 0.25) is 0 Å². The van der Waals surface area contributed by atoms with Crippen molar-refractivity contribution in [3.63, 3.8) is 0 Å². The molecule has 2 fully saturated rings. The van der Waals surface area contributed by atoms with E-state index in [9.17, 15) is 9.59 Å². The molecule has 0 unspecified atom stereocenters. The maximum Gasteiger partial charge on any atom is 0.336 e. The average molecular weight is 380 g/mol. The molecule has 2 aromatic rings. The number of unbranched alkanes of at least 4 members (excludes halogenated alkanes) is 1. The molecule has 2 aromatic carbocycles. The molecule has 4 rings (SSSR count). The lowest BCUT2D eigenvalue weighted by Crippen LogP contribution is -2.52. The number of hydrogen-bond donors (Lipinski definition) is 0. The molecule has 0 aliphatic carbocycles. The van der Waals surface area contributed by atoms with E-state index in [1.165, 1.54) is 0 Å². The summed E-state index contributed by atoms with van der Waals surface area (Å²) in [4.78, 5) is 30.7. The van der Waals surface area contributed by atoms with E-state index >= 15 is 0 Å². The van der Waals surface area contributed by atoms with E-state index in [0.717, 1.165) is 42.1 Å². The van der Waals surface area contributed by atoms with Gasteiger partial charge in [-0.2, -0.15) is 0 Å². The SMILES string of the molecule is CCCCN1C(=O)[C@@]2(C(=O)OCC)CCCN2[C@H]1c1cccc2ccccc12. The van der Waals surface area contributed by atoms with Crippen LogP contribution in [0.3, 0.4) is 0 Å². The maximum absolute atomic E-state index is 13.6. The minimum atomic E-state index is -1.16. The molecule has 28 heavy (non-hydrogen) atoms. The molecule has 5 nitrogen and oxygen atoms in total. The van der Waals surface area contributed by atoms with Gasteiger partial charge in [0.15, 0.2) is 0 Å². The van der Waals surface area contributed by atoms with Crippen LogP contribution in [0.15, 0.2) is 42.5 Å². The van der Waals surface area contributed by atoms with Crippen LogP contribution in [-0.4, -0.2) is 46.9 Å². The third-order valence-corrected chi connectivity index (χ3v) is 6.10. The molecular weight excluding hydrogens is 352 g/mol. The number of ether oxygens (including phenoxy) is 1. The van der Waals surface area contributed by atoms with E-state index in [2.05, 4.69) is 36.1 Å². The van der Waals surface area contributed by atoms with Crippen LogP contribution in [0.4, 0.5) is 0 Å². The van der Waals surface area contributed by atoms with Gasteiger partial charge in [0.2, 0.25) is 5.54 Å². The molecule has 2 saturated heterocycles. The van der Waals surface area contributed by atoms with Crippen LogP contribution in [0.1, 0.15) is 51.3 Å². The molecule has 0 radical (unpaired) electrons. The first-order chi connectivity index (χ1) is 13.6. The Bertz CT molecular complexity index is 891. The zero-order valence-electron chi connectivity index (χ0n) is 16.7. The predicted octanol–water partition coefficient (Wildman–Crippen LogP) is 3.88. The summed E-state index contributed by atoms with van der Waals surface area (Å²) in [6.45, 7) is 5.58. The molecule has 0 bridgehead atoms. The molecule has 0 spiro atoms. The standard InChI is InChI=1S/C23H28N2O3/c1-3-5-15-24-20(19-13-8-11-17-10-6-7-12-18(17)19)25-16-9-14-23(25,21(24)26)22(27)28-4-2/h6-8,10-13,20H,3-5,9,14-16H2,1-2H3/t20-,23+/m0/s1. The smallest absolute Gasteiger partial charge is 0.336 e. The molecule has 1 amide bonds. The topological polar surface area (TPSA) is 49.9 Å². The van der Waals surface area contributed by atoms with Crippen molar-refractivity contribution in [2.75, 3.05) is 19.7 Å². The fourth-order valence-electron chi connectivity index (χ4n) is 4.84. The molecular formula is C23H28N2O3. The molecule has 0 N–H and O–H groups in total. The normalized spacial score (nSPS) is 24.7. The van der Waals surface area contributed by atoms with Gasteiger partial charge < -0.3 is 9.64 Å². The highest BCUT2D eigenvalue weighted by atomic mass is 16.5. The lowest BCUT2D eigenvalue weighted by atomic mass is 9.96. The number of nitrogens with zero attached hydrogens (tertiary/aromatic N) is 2. The van der Waals surface area contributed by atoms with Crippen LogP contribution in [0.25, 0.3) is 10.8 Å². The summed E-state index contributed by atoms with van der Waals surface area (Å²) in [6, 6.07) is 14.5. The first kappa shape index (κ1) is 18.9. The van der Waals surface area contributed by atoms with Gasteiger partial charge in [0, 0.05) is 13.1 Å². The highest BCUT2D eigenvalue weighted by Crippen LogP contribution is 2.48. The van der Waals surface area contributed by atoms with Crippen molar-refractivity contribution in [1.82, 2.24) is 9.80 Å². The second-order valence-electron chi connectivity index (χ2n) is 7.67. The molecule has 2 heterocycles. The summed E-state index contributed by atoms with van der Waals surface area (Å²) in [5.74, 6) is -0.475. The van der Waals surface area contributed by atoms with Gasteiger partial charge >= 0.3 is 5.97 Å². The van der Waals surface area contributed by atoms with Crippen molar-refractivity contribution in [2.45, 2.75) is 51.2 Å². The van der Waals surface area contributed by atoms with Crippen molar-refractivity contribution in [2.24, 2.45) is 0 Å². The van der Waals surface area contributed by atoms with Gasteiger partial charge in [-0.1, -0.05) is 55.8 Å². The van der Waals surface area contributed by atoms with Crippen LogP contribution < -0.4 is 0 Å². The number of benzene rings is 2. The summed E-state index contributed by atoms with van der Waals surface area (Å²) in [5.41, 5.74) is -0.0682. The quantitative estimate of drug-likeness (QED) is 0.564. The number of amides is 1. The first-order valence-electron chi connectivity index (χ1n) is 10.4. The number of carbonyl (C=O) groups excluding carboxylic acids is 2. The van der Waals surface area contributed by atoms with Crippen LogP contribution in [0.5, 0.6) is 0 Å². The highest BCUT2D eigenvalue weighted by Gasteiger charge is 2.65. The van der Waals surface area contributed by atoms with Gasteiger partial charge in [-0.3, -0.25) is 9.69 Å². The fraction of sp³-hybridized carbons (Fsp3) is 0.478. The Kier molecular flexibility index (Phi) is 5.11. The molecule has 2 aliphatic heterocycles. The van der Waals surface area contributed by atoms with Gasteiger partial charge in [-0.05, 0) is 42.5 Å². The van der Waals surface area contributed by atoms with Crippen LogP contribution in [0, 0.1) is 0 Å². The number of carbonyl (C=O) groups is 2. The molecule has 2 aliphatic rings. The van der Waals surface area contributed by atoms with E-state index in [0.29, 0.717) is 13.0 Å². The minimum absolute atomic E-state index is 0.0881. The summed E-state index contributed by atoms with van der Waals surface area (Å²) < 4.78 is 5.40. The van der Waals surface area contributed by atoms with E-state index in [1.54, 1.807) is 6.92 Å². The van der Waals surface area contributed by atoms with Crippen molar-refractivity contribution in [1.29, 1.82) is 0 Å². The Labute approximate surface area is 166 Å². The predicted molar refractivity (Wildman–Crippen MR) is 109 cm³/mol. The lowest BCUT2D eigenvalue weighted by Gasteiger charge is -2.32. The number of hydrogen-bond acceptors (Lipinski definition) is 4. The Balaban J connectivity index is 1.86. The maximum atomic E-state index is 13.6. The molecule has 2 atom stereocenters. The zero-order valence-corrected chi connectivity index (χ0v) is 16.7. The van der Waals surface area contributed by atoms with Gasteiger partial charge in [0.1, 0.15) is 6.17 Å². The van der Waals surface area contributed by atoms with E-state index in [4.69, 9.17) is 4.74 Å². The largest absolute Gasteiger partial charge is 0.464 e. The molecule has 148 valence electrons. The van der Waals surface area contributed by atoms with E-state index < -0.39 is 5.54 Å². The van der Waals surface area contributed by atoms with Gasteiger partial charge in [0.25, 0.3) is 5.91 Å². The summed E-state index contributed by atoms with van der Waals surface area (Å²) in [6.07, 6.45) is 3.05. The monoisotopic (exact) mass is 380 g/mol. The summed E-state index contributed by atoms with van der Waals surface area (Å²) in [7, 11) is 0. The van der Waals surface area contributed by atoms with Crippen molar-refractivity contribution in [3.8, 4) is 0 Å². The molecule has 5 heteroatoms. The van der Waals surface area contributed by atoms with Crippen molar-refractivity contribution >= 4 is 22.6 Å².